The molecule has 1 aliphatic rings. The van der Waals surface area contributed by atoms with Crippen molar-refractivity contribution in [3.05, 3.63) is 28.2 Å². The number of nitrogens with zero attached hydrogens (tertiary/aromatic N) is 2. The first-order valence-corrected chi connectivity index (χ1v) is 8.24. The molecule has 21 heavy (non-hydrogen) atoms. The quantitative estimate of drug-likeness (QED) is 0.884. The molecule has 0 spiro atoms. The number of hydrogen-bond acceptors (Lipinski definition) is 4. The van der Waals surface area contributed by atoms with Crippen LogP contribution in [0.4, 0.5) is 5.69 Å². The van der Waals surface area contributed by atoms with E-state index in [1.165, 1.54) is 5.56 Å². The van der Waals surface area contributed by atoms with Crippen molar-refractivity contribution in [3.8, 4) is 6.07 Å². The van der Waals surface area contributed by atoms with Crippen molar-refractivity contribution in [2.75, 3.05) is 31.1 Å². The lowest BCUT2D eigenvalue weighted by molar-refractivity contribution is 0.0764. The van der Waals surface area contributed by atoms with Crippen LogP contribution in [0.3, 0.4) is 0 Å². The van der Waals surface area contributed by atoms with Gasteiger partial charge in [0.25, 0.3) is 0 Å². The molecule has 1 N–H and O–H groups in total. The minimum Gasteiger partial charge on any atom is -0.365 e. The van der Waals surface area contributed by atoms with Gasteiger partial charge >= 0.3 is 0 Å². The van der Waals surface area contributed by atoms with Gasteiger partial charge in [0.15, 0.2) is 6.10 Å². The number of hydrogen-bond donors (Lipinski definition) is 1. The number of morpholine rings is 1. The highest BCUT2D eigenvalue weighted by molar-refractivity contribution is 9.10. The number of nitrogens with one attached hydrogen (secondary N) is 1. The summed E-state index contributed by atoms with van der Waals surface area (Å²) in [6.07, 6.45) is 0.794. The molecule has 1 aromatic carbocycles. The standard InChI is InChI=1S/C16H22BrN3O/c1-3-6-19-12(2)13-4-5-16(15(17)9-13)20-7-8-21-14(10-18)11-20/h4-5,9,12,14,19H,3,6-8,11H2,1-2H3. The zero-order valence-electron chi connectivity index (χ0n) is 12.6. The monoisotopic (exact) mass is 351 g/mol. The maximum absolute atomic E-state index is 9.00. The summed E-state index contributed by atoms with van der Waals surface area (Å²) in [5.74, 6) is 0. The third-order valence-electron chi connectivity index (χ3n) is 3.72. The molecule has 1 aromatic rings. The Hall–Kier alpha value is -1.09. The van der Waals surface area contributed by atoms with E-state index in [-0.39, 0.29) is 6.10 Å². The van der Waals surface area contributed by atoms with Gasteiger partial charge in [0.1, 0.15) is 0 Å². The molecule has 1 fully saturated rings. The Kier molecular flexibility index (Phi) is 6.04. The van der Waals surface area contributed by atoms with Crippen LogP contribution in [0.5, 0.6) is 0 Å². The summed E-state index contributed by atoms with van der Waals surface area (Å²) >= 11 is 3.67. The fourth-order valence-corrected chi connectivity index (χ4v) is 3.12. The highest BCUT2D eigenvalue weighted by Gasteiger charge is 2.22. The number of nitriles is 1. The fraction of sp³-hybridized carbons (Fsp3) is 0.562. The van der Waals surface area contributed by atoms with Gasteiger partial charge in [-0.1, -0.05) is 13.0 Å². The number of ether oxygens (including phenoxy) is 1. The zero-order chi connectivity index (χ0) is 15.2. The van der Waals surface area contributed by atoms with E-state index in [1.807, 2.05) is 0 Å². The van der Waals surface area contributed by atoms with E-state index in [4.69, 9.17) is 10.00 Å². The largest absolute Gasteiger partial charge is 0.365 e. The Labute approximate surface area is 135 Å². The summed E-state index contributed by atoms with van der Waals surface area (Å²) in [4.78, 5) is 2.20. The van der Waals surface area contributed by atoms with E-state index >= 15 is 0 Å². The van der Waals surface area contributed by atoms with E-state index in [0.29, 0.717) is 19.2 Å². The van der Waals surface area contributed by atoms with Crippen LogP contribution in [0, 0.1) is 11.3 Å². The molecule has 4 nitrogen and oxygen atoms in total. The van der Waals surface area contributed by atoms with Gasteiger partial charge in [-0.2, -0.15) is 5.26 Å². The molecule has 0 bridgehead atoms. The molecule has 0 amide bonds. The molecule has 0 radical (unpaired) electrons. The van der Waals surface area contributed by atoms with Crippen LogP contribution in [0.2, 0.25) is 0 Å². The van der Waals surface area contributed by atoms with Crippen molar-refractivity contribution in [1.29, 1.82) is 5.26 Å². The van der Waals surface area contributed by atoms with Crippen molar-refractivity contribution in [1.82, 2.24) is 5.32 Å². The molecular weight excluding hydrogens is 330 g/mol. The molecule has 2 rings (SSSR count). The van der Waals surface area contributed by atoms with Crippen LogP contribution < -0.4 is 10.2 Å². The predicted octanol–water partition coefficient (Wildman–Crippen LogP) is 3.24. The Morgan fingerprint density at radius 3 is 3.05 bits per heavy atom. The van der Waals surface area contributed by atoms with Crippen molar-refractivity contribution < 1.29 is 4.74 Å². The molecular formula is C16H22BrN3O. The van der Waals surface area contributed by atoms with Crippen LogP contribution in [-0.4, -0.2) is 32.3 Å². The fourth-order valence-electron chi connectivity index (χ4n) is 2.47. The van der Waals surface area contributed by atoms with E-state index in [0.717, 1.165) is 29.7 Å². The smallest absolute Gasteiger partial charge is 0.161 e. The van der Waals surface area contributed by atoms with E-state index in [2.05, 4.69) is 64.3 Å². The maximum atomic E-state index is 9.00. The Balaban J connectivity index is 2.10. The van der Waals surface area contributed by atoms with Gasteiger partial charge in [0, 0.05) is 17.1 Å². The summed E-state index contributed by atoms with van der Waals surface area (Å²) in [5.41, 5.74) is 2.40. The molecule has 1 aliphatic heterocycles. The van der Waals surface area contributed by atoms with Gasteiger partial charge in [-0.15, -0.1) is 0 Å². The topological polar surface area (TPSA) is 48.3 Å². The third kappa shape index (κ3) is 4.19. The summed E-state index contributed by atoms with van der Waals surface area (Å²) in [6, 6.07) is 8.98. The average molecular weight is 352 g/mol. The second-order valence-corrected chi connectivity index (χ2v) is 6.18. The molecule has 1 heterocycles. The zero-order valence-corrected chi connectivity index (χ0v) is 14.2. The third-order valence-corrected chi connectivity index (χ3v) is 4.36. The molecule has 5 heteroatoms. The molecule has 1 saturated heterocycles. The molecule has 2 atom stereocenters. The number of anilines is 1. The second kappa shape index (κ2) is 7.79. The molecule has 2 unspecified atom stereocenters. The van der Waals surface area contributed by atoms with Crippen LogP contribution >= 0.6 is 15.9 Å². The number of halogens is 1. The first-order chi connectivity index (χ1) is 10.2. The Bertz CT molecular complexity index is 515. The van der Waals surface area contributed by atoms with Crippen LogP contribution in [0.25, 0.3) is 0 Å². The predicted molar refractivity (Wildman–Crippen MR) is 88.4 cm³/mol. The minimum atomic E-state index is -0.338. The first kappa shape index (κ1) is 16.3. The van der Waals surface area contributed by atoms with Crippen molar-refractivity contribution in [2.24, 2.45) is 0 Å². The SMILES string of the molecule is CCCNC(C)c1ccc(N2CCOC(C#N)C2)c(Br)c1. The molecule has 0 aromatic heterocycles. The van der Waals surface area contributed by atoms with E-state index < -0.39 is 0 Å². The summed E-state index contributed by atoms with van der Waals surface area (Å²) in [7, 11) is 0. The van der Waals surface area contributed by atoms with Gasteiger partial charge in [-0.3, -0.25) is 0 Å². The van der Waals surface area contributed by atoms with Crippen molar-refractivity contribution in [3.63, 3.8) is 0 Å². The lowest BCUT2D eigenvalue weighted by Crippen LogP contribution is -2.42. The average Bonchev–Trinajstić information content (AvgIpc) is 2.52. The maximum Gasteiger partial charge on any atom is 0.161 e. The van der Waals surface area contributed by atoms with E-state index in [1.54, 1.807) is 0 Å². The van der Waals surface area contributed by atoms with Gasteiger partial charge < -0.3 is 15.0 Å². The minimum absolute atomic E-state index is 0.338. The summed E-state index contributed by atoms with van der Waals surface area (Å²) in [5, 5.41) is 12.5. The summed E-state index contributed by atoms with van der Waals surface area (Å²) < 4.78 is 6.47. The number of benzene rings is 1. The first-order valence-electron chi connectivity index (χ1n) is 7.44. The highest BCUT2D eigenvalue weighted by atomic mass is 79.9. The normalized spacial score (nSPS) is 20.1. The van der Waals surface area contributed by atoms with Crippen LogP contribution in [0.15, 0.2) is 22.7 Å². The lowest BCUT2D eigenvalue weighted by atomic mass is 10.1. The molecule has 0 saturated carbocycles. The molecule has 114 valence electrons. The summed E-state index contributed by atoms with van der Waals surface area (Å²) in [6.45, 7) is 7.41. The Morgan fingerprint density at radius 1 is 1.57 bits per heavy atom. The van der Waals surface area contributed by atoms with Gasteiger partial charge in [-0.25, -0.2) is 0 Å². The van der Waals surface area contributed by atoms with Crippen LogP contribution in [0.1, 0.15) is 31.9 Å². The van der Waals surface area contributed by atoms with Gasteiger partial charge in [0.2, 0.25) is 0 Å². The van der Waals surface area contributed by atoms with Gasteiger partial charge in [-0.05, 0) is 53.5 Å². The van der Waals surface area contributed by atoms with Crippen LogP contribution in [-0.2, 0) is 4.74 Å². The number of rotatable bonds is 5. The van der Waals surface area contributed by atoms with Gasteiger partial charge in [0.05, 0.1) is 24.9 Å². The Morgan fingerprint density at radius 2 is 2.38 bits per heavy atom. The molecule has 0 aliphatic carbocycles. The lowest BCUT2D eigenvalue weighted by Gasteiger charge is -2.32. The van der Waals surface area contributed by atoms with Crippen molar-refractivity contribution in [2.45, 2.75) is 32.4 Å². The van der Waals surface area contributed by atoms with E-state index in [9.17, 15) is 0 Å². The van der Waals surface area contributed by atoms with Crippen molar-refractivity contribution >= 4 is 21.6 Å². The second-order valence-electron chi connectivity index (χ2n) is 5.32. The highest BCUT2D eigenvalue weighted by Crippen LogP contribution is 2.30.